The van der Waals surface area contributed by atoms with Crippen molar-refractivity contribution in [1.82, 2.24) is 20.2 Å². The Morgan fingerprint density at radius 3 is 2.63 bits per heavy atom. The molecule has 30 heavy (non-hydrogen) atoms. The number of aliphatic hydroxyl groups is 1. The van der Waals surface area contributed by atoms with Crippen LogP contribution in [-0.4, -0.2) is 57.2 Å². The summed E-state index contributed by atoms with van der Waals surface area (Å²) >= 11 is 0. The van der Waals surface area contributed by atoms with E-state index in [0.717, 1.165) is 36.5 Å². The predicted molar refractivity (Wildman–Crippen MR) is 118 cm³/mol. The number of rotatable bonds is 5. The lowest BCUT2D eigenvalue weighted by Gasteiger charge is -2.38. The van der Waals surface area contributed by atoms with Gasteiger partial charge in [-0.25, -0.2) is 4.98 Å². The molecule has 1 amide bonds. The maximum atomic E-state index is 13.7. The number of nitrogens with one attached hydrogen (secondary N) is 2. The van der Waals surface area contributed by atoms with E-state index >= 15 is 0 Å². The summed E-state index contributed by atoms with van der Waals surface area (Å²) in [5.41, 5.74) is 1.48. The van der Waals surface area contributed by atoms with Gasteiger partial charge in [0.15, 0.2) is 0 Å². The monoisotopic (exact) mass is 410 g/mol. The molecule has 1 saturated carbocycles. The van der Waals surface area contributed by atoms with E-state index in [-0.39, 0.29) is 11.9 Å². The highest BCUT2D eigenvalue weighted by Gasteiger charge is 2.34. The van der Waals surface area contributed by atoms with Crippen LogP contribution in [-0.2, 0) is 0 Å². The normalized spacial score (nSPS) is 21.0. The lowest BCUT2D eigenvalue weighted by molar-refractivity contribution is 0.0241. The minimum Gasteiger partial charge on any atom is -0.390 e. The lowest BCUT2D eigenvalue weighted by Crippen LogP contribution is -2.55. The van der Waals surface area contributed by atoms with E-state index in [0.29, 0.717) is 31.1 Å². The number of aromatic nitrogens is 2. The Labute approximate surface area is 179 Å². The summed E-state index contributed by atoms with van der Waals surface area (Å²) < 4.78 is 0. The maximum Gasteiger partial charge on any atom is 0.272 e. The summed E-state index contributed by atoms with van der Waals surface area (Å²) in [6, 6.07) is 9.94. The van der Waals surface area contributed by atoms with Crippen molar-refractivity contribution in [2.24, 2.45) is 0 Å². The third-order valence-electron chi connectivity index (χ3n) is 6.32. The fourth-order valence-electron chi connectivity index (χ4n) is 4.85. The van der Waals surface area contributed by atoms with Gasteiger partial charge in [-0.05, 0) is 33.1 Å². The average molecular weight is 411 g/mol. The molecule has 1 aromatic carbocycles. The molecule has 6 nitrogen and oxygen atoms in total. The quantitative estimate of drug-likeness (QED) is 0.702. The van der Waals surface area contributed by atoms with Crippen LogP contribution in [0.4, 0.5) is 0 Å². The fraction of sp³-hybridized carbons (Fsp3) is 0.583. The smallest absolute Gasteiger partial charge is 0.272 e. The first-order valence-corrected chi connectivity index (χ1v) is 11.3. The van der Waals surface area contributed by atoms with Crippen LogP contribution in [0, 0.1) is 0 Å². The molecule has 2 aliphatic rings. The number of aromatic amines is 1. The molecule has 1 unspecified atom stereocenters. The summed E-state index contributed by atoms with van der Waals surface area (Å²) in [6.45, 7) is 5.69. The molecule has 162 valence electrons. The molecule has 1 atom stereocenters. The zero-order valence-corrected chi connectivity index (χ0v) is 18.2. The summed E-state index contributed by atoms with van der Waals surface area (Å²) in [5.74, 6) is 1.34. The third kappa shape index (κ3) is 4.76. The van der Waals surface area contributed by atoms with Crippen molar-refractivity contribution in [2.75, 3.05) is 19.6 Å². The number of piperazine rings is 1. The number of hydrogen-bond donors (Lipinski definition) is 3. The van der Waals surface area contributed by atoms with Crippen LogP contribution in [0.2, 0.25) is 0 Å². The van der Waals surface area contributed by atoms with Crippen LogP contribution in [0.25, 0.3) is 11.3 Å². The Balaban J connectivity index is 1.68. The molecular weight excluding hydrogens is 376 g/mol. The molecule has 2 aromatic rings. The van der Waals surface area contributed by atoms with Gasteiger partial charge >= 0.3 is 0 Å². The molecule has 6 heteroatoms. The first kappa shape index (κ1) is 21.1. The Kier molecular flexibility index (Phi) is 6.25. The van der Waals surface area contributed by atoms with Crippen molar-refractivity contribution in [2.45, 2.75) is 69.9 Å². The van der Waals surface area contributed by atoms with Gasteiger partial charge in [-0.15, -0.1) is 0 Å². The number of hydrogen-bond acceptors (Lipinski definition) is 4. The number of H-pyrrole nitrogens is 1. The lowest BCUT2D eigenvalue weighted by atomic mass is 9.89. The Morgan fingerprint density at radius 1 is 1.20 bits per heavy atom. The Hall–Kier alpha value is -2.18. The van der Waals surface area contributed by atoms with Gasteiger partial charge in [0, 0.05) is 37.2 Å². The highest BCUT2D eigenvalue weighted by molar-refractivity contribution is 5.98. The molecule has 2 heterocycles. The fourth-order valence-corrected chi connectivity index (χ4v) is 4.85. The van der Waals surface area contributed by atoms with E-state index < -0.39 is 5.60 Å². The largest absolute Gasteiger partial charge is 0.390 e. The van der Waals surface area contributed by atoms with Gasteiger partial charge in [0.2, 0.25) is 0 Å². The van der Waals surface area contributed by atoms with Crippen LogP contribution in [0.15, 0.2) is 30.3 Å². The van der Waals surface area contributed by atoms with Crippen molar-refractivity contribution in [3.05, 3.63) is 41.9 Å². The van der Waals surface area contributed by atoms with Crippen molar-refractivity contribution < 1.29 is 9.90 Å². The van der Waals surface area contributed by atoms with Crippen LogP contribution in [0.3, 0.4) is 0 Å². The van der Waals surface area contributed by atoms with E-state index in [2.05, 4.69) is 10.3 Å². The maximum absolute atomic E-state index is 13.7. The molecule has 4 rings (SSSR count). The molecule has 2 fully saturated rings. The summed E-state index contributed by atoms with van der Waals surface area (Å²) in [7, 11) is 0. The minimum atomic E-state index is -0.828. The molecule has 1 saturated heterocycles. The van der Waals surface area contributed by atoms with E-state index in [1.54, 1.807) is 13.8 Å². The number of amides is 1. The number of carbonyl (C=O) groups excluding carboxylic acids is 1. The highest BCUT2D eigenvalue weighted by atomic mass is 16.3. The molecule has 0 bridgehead atoms. The second-order valence-corrected chi connectivity index (χ2v) is 9.42. The Morgan fingerprint density at radius 2 is 1.93 bits per heavy atom. The molecule has 1 aromatic heterocycles. The SMILES string of the molecule is CC(C)(O)CC1CNCCN1C(=O)c1[nH]c(C2CCCCC2)nc1-c1ccccc1. The molecule has 3 N–H and O–H groups in total. The molecule has 1 aliphatic heterocycles. The van der Waals surface area contributed by atoms with Gasteiger partial charge < -0.3 is 20.3 Å². The number of benzene rings is 1. The number of nitrogens with zero attached hydrogens (tertiary/aromatic N) is 2. The summed E-state index contributed by atoms with van der Waals surface area (Å²) in [4.78, 5) is 24.0. The average Bonchev–Trinajstić information content (AvgIpc) is 3.19. The van der Waals surface area contributed by atoms with Crippen LogP contribution < -0.4 is 5.32 Å². The predicted octanol–water partition coefficient (Wildman–Crippen LogP) is 3.70. The number of imidazole rings is 1. The van der Waals surface area contributed by atoms with E-state index in [1.165, 1.54) is 19.3 Å². The van der Waals surface area contributed by atoms with Gasteiger partial charge in [-0.3, -0.25) is 4.79 Å². The molecule has 0 radical (unpaired) electrons. The second-order valence-electron chi connectivity index (χ2n) is 9.42. The summed E-state index contributed by atoms with van der Waals surface area (Å²) in [6.07, 6.45) is 6.53. The van der Waals surface area contributed by atoms with Crippen molar-refractivity contribution >= 4 is 5.91 Å². The third-order valence-corrected chi connectivity index (χ3v) is 6.32. The summed E-state index contributed by atoms with van der Waals surface area (Å²) in [5, 5.41) is 13.7. The van der Waals surface area contributed by atoms with Crippen LogP contribution >= 0.6 is 0 Å². The highest BCUT2D eigenvalue weighted by Crippen LogP contribution is 2.34. The van der Waals surface area contributed by atoms with E-state index in [4.69, 9.17) is 4.98 Å². The minimum absolute atomic E-state index is 0.0147. The van der Waals surface area contributed by atoms with Gasteiger partial charge in [-0.1, -0.05) is 49.6 Å². The molecule has 0 spiro atoms. The van der Waals surface area contributed by atoms with E-state index in [1.807, 2.05) is 35.2 Å². The van der Waals surface area contributed by atoms with E-state index in [9.17, 15) is 9.90 Å². The Bertz CT molecular complexity index is 850. The van der Waals surface area contributed by atoms with Gasteiger partial charge in [-0.2, -0.15) is 0 Å². The van der Waals surface area contributed by atoms with Gasteiger partial charge in [0.25, 0.3) is 5.91 Å². The molecular formula is C24H34N4O2. The second kappa shape index (κ2) is 8.90. The van der Waals surface area contributed by atoms with Crippen molar-refractivity contribution in [3.63, 3.8) is 0 Å². The first-order valence-electron chi connectivity index (χ1n) is 11.3. The first-order chi connectivity index (χ1) is 14.4. The van der Waals surface area contributed by atoms with Crippen molar-refractivity contribution in [3.8, 4) is 11.3 Å². The van der Waals surface area contributed by atoms with Crippen LogP contribution in [0.5, 0.6) is 0 Å². The van der Waals surface area contributed by atoms with Crippen molar-refractivity contribution in [1.29, 1.82) is 0 Å². The van der Waals surface area contributed by atoms with Crippen LogP contribution in [0.1, 0.15) is 74.6 Å². The zero-order chi connectivity index (χ0) is 21.1. The van der Waals surface area contributed by atoms with Gasteiger partial charge in [0.1, 0.15) is 17.2 Å². The zero-order valence-electron chi connectivity index (χ0n) is 18.2. The standard InChI is InChI=1S/C24H34N4O2/c1-24(2,30)15-19-16-25-13-14-28(19)23(29)21-20(17-9-5-3-6-10-17)26-22(27-21)18-11-7-4-8-12-18/h3,5-6,9-10,18-19,25,30H,4,7-8,11-16H2,1-2H3,(H,26,27). The topological polar surface area (TPSA) is 81.2 Å². The van der Waals surface area contributed by atoms with Gasteiger partial charge in [0.05, 0.1) is 5.60 Å². The number of carbonyl (C=O) groups is 1. The molecule has 1 aliphatic carbocycles.